The molecule has 0 bridgehead atoms. The Balaban J connectivity index is 1.89. The van der Waals surface area contributed by atoms with E-state index in [2.05, 4.69) is 49.0 Å². The van der Waals surface area contributed by atoms with Gasteiger partial charge in [-0.2, -0.15) is 0 Å². The van der Waals surface area contributed by atoms with Crippen molar-refractivity contribution in [1.82, 2.24) is 15.1 Å². The molecule has 1 aliphatic carbocycles. The van der Waals surface area contributed by atoms with E-state index in [1.165, 1.54) is 19.3 Å². The van der Waals surface area contributed by atoms with E-state index in [0.29, 0.717) is 5.92 Å². The van der Waals surface area contributed by atoms with Gasteiger partial charge in [0.1, 0.15) is 0 Å². The smallest absolute Gasteiger partial charge is 0.169 e. The Morgan fingerprint density at radius 1 is 1.30 bits per heavy atom. The molecule has 1 aliphatic heterocycles. The average molecular weight is 295 g/mol. The van der Waals surface area contributed by atoms with Gasteiger partial charge in [-0.3, -0.25) is 0 Å². The predicted molar refractivity (Wildman–Crippen MR) is 90.0 cm³/mol. The van der Waals surface area contributed by atoms with Crippen LogP contribution in [0.15, 0.2) is 11.6 Å². The van der Waals surface area contributed by atoms with Crippen LogP contribution in [0, 0.1) is 5.92 Å². The molecule has 1 atom stereocenters. The van der Waals surface area contributed by atoms with Crippen molar-refractivity contribution in [3.8, 4) is 0 Å². The summed E-state index contributed by atoms with van der Waals surface area (Å²) in [5.74, 6) is 0.677. The molecule has 3 nitrogen and oxygen atoms in total. The number of hydrogen-bond donors (Lipinski definition) is 1. The van der Waals surface area contributed by atoms with Crippen LogP contribution in [0.5, 0.6) is 0 Å². The largest absolute Gasteiger partial charge is 0.357 e. The number of nitrogens with one attached hydrogen (secondary N) is 1. The van der Waals surface area contributed by atoms with Crippen LogP contribution >= 0.6 is 12.2 Å². The number of thiocarbonyl (C=S) groups is 1. The van der Waals surface area contributed by atoms with E-state index in [1.807, 2.05) is 0 Å². The molecule has 1 heterocycles. The fraction of sp³-hybridized carbons (Fsp3) is 0.812. The van der Waals surface area contributed by atoms with Crippen LogP contribution in [0.3, 0.4) is 0 Å². The zero-order valence-corrected chi connectivity index (χ0v) is 14.2. The molecule has 0 spiro atoms. The van der Waals surface area contributed by atoms with Crippen molar-refractivity contribution in [2.75, 3.05) is 33.2 Å². The molecule has 20 heavy (non-hydrogen) atoms. The van der Waals surface area contributed by atoms with Gasteiger partial charge in [0.2, 0.25) is 0 Å². The van der Waals surface area contributed by atoms with Crippen molar-refractivity contribution >= 4 is 17.3 Å². The van der Waals surface area contributed by atoms with Crippen molar-refractivity contribution in [2.24, 2.45) is 5.92 Å². The quantitative estimate of drug-likeness (QED) is 0.623. The molecule has 2 aliphatic rings. The Morgan fingerprint density at radius 2 is 1.95 bits per heavy atom. The molecule has 4 heteroatoms. The third kappa shape index (κ3) is 3.95. The summed E-state index contributed by atoms with van der Waals surface area (Å²) < 4.78 is 0. The maximum Gasteiger partial charge on any atom is 0.169 e. The highest BCUT2D eigenvalue weighted by molar-refractivity contribution is 7.80. The molecular formula is C16H29N3S. The topological polar surface area (TPSA) is 18.5 Å². The highest BCUT2D eigenvalue weighted by atomic mass is 32.1. The van der Waals surface area contributed by atoms with Crippen LogP contribution in [-0.2, 0) is 0 Å². The number of piperazine rings is 1. The van der Waals surface area contributed by atoms with Crippen LogP contribution < -0.4 is 5.32 Å². The fourth-order valence-electron chi connectivity index (χ4n) is 3.09. The lowest BCUT2D eigenvalue weighted by Gasteiger charge is -2.41. The van der Waals surface area contributed by atoms with Gasteiger partial charge in [0.25, 0.3) is 0 Å². The molecule has 0 aromatic carbocycles. The highest BCUT2D eigenvalue weighted by Gasteiger charge is 2.32. The molecular weight excluding hydrogens is 266 g/mol. The fourth-order valence-corrected chi connectivity index (χ4v) is 3.53. The number of hydrogen-bond acceptors (Lipinski definition) is 2. The predicted octanol–water partition coefficient (Wildman–Crippen LogP) is 2.63. The first kappa shape index (κ1) is 15.8. The van der Waals surface area contributed by atoms with Crippen LogP contribution in [-0.4, -0.2) is 53.7 Å². The van der Waals surface area contributed by atoms with Gasteiger partial charge >= 0.3 is 0 Å². The summed E-state index contributed by atoms with van der Waals surface area (Å²) in [7, 11) is 2.18. The summed E-state index contributed by atoms with van der Waals surface area (Å²) in [6.07, 6.45) is 6.08. The first-order valence-electron chi connectivity index (χ1n) is 7.80. The molecule has 1 saturated heterocycles. The Bertz CT molecular complexity index is 381. The monoisotopic (exact) mass is 295 g/mol. The Kier molecular flexibility index (Phi) is 5.08. The normalized spacial score (nSPS) is 25.3. The van der Waals surface area contributed by atoms with Gasteiger partial charge in [0.05, 0.1) is 0 Å². The molecule has 1 fully saturated rings. The molecule has 0 saturated carbocycles. The number of nitrogens with zero attached hydrogens (tertiary/aromatic N) is 2. The number of allylic oxidation sites excluding steroid dienone is 2. The lowest BCUT2D eigenvalue weighted by atomic mass is 9.77. The second kappa shape index (κ2) is 6.44. The lowest BCUT2D eigenvalue weighted by Crippen LogP contribution is -2.57. The Hall–Kier alpha value is -0.610. The summed E-state index contributed by atoms with van der Waals surface area (Å²) in [6, 6.07) is 0. The van der Waals surface area contributed by atoms with Crippen molar-refractivity contribution in [3.05, 3.63) is 11.6 Å². The second-order valence-corrected chi connectivity index (χ2v) is 7.35. The van der Waals surface area contributed by atoms with E-state index in [9.17, 15) is 0 Å². The maximum atomic E-state index is 5.63. The average Bonchev–Trinajstić information content (AvgIpc) is 2.39. The SMILES string of the molecule is CC1=CC[C@H](C(C)(C)NC(=S)N2CCN(C)CC2)CC1. The van der Waals surface area contributed by atoms with Gasteiger partial charge in [-0.25, -0.2) is 0 Å². The minimum atomic E-state index is 0.0810. The Labute approximate surface area is 129 Å². The van der Waals surface area contributed by atoms with Gasteiger partial charge in [-0.1, -0.05) is 11.6 Å². The van der Waals surface area contributed by atoms with Gasteiger partial charge in [-0.05, 0) is 65.2 Å². The zero-order chi connectivity index (χ0) is 14.8. The number of rotatable bonds is 2. The lowest BCUT2D eigenvalue weighted by molar-refractivity contribution is 0.202. The van der Waals surface area contributed by atoms with E-state index in [0.717, 1.165) is 31.3 Å². The van der Waals surface area contributed by atoms with Gasteiger partial charge < -0.3 is 15.1 Å². The van der Waals surface area contributed by atoms with E-state index < -0.39 is 0 Å². The third-order valence-electron chi connectivity index (χ3n) is 4.88. The molecule has 0 radical (unpaired) electrons. The van der Waals surface area contributed by atoms with Crippen molar-refractivity contribution in [1.29, 1.82) is 0 Å². The molecule has 0 aromatic heterocycles. The molecule has 0 amide bonds. The molecule has 1 N–H and O–H groups in total. The maximum absolute atomic E-state index is 5.63. The summed E-state index contributed by atoms with van der Waals surface area (Å²) in [5.41, 5.74) is 1.62. The van der Waals surface area contributed by atoms with Crippen molar-refractivity contribution in [3.63, 3.8) is 0 Å². The van der Waals surface area contributed by atoms with E-state index in [1.54, 1.807) is 5.57 Å². The van der Waals surface area contributed by atoms with Crippen LogP contribution in [0.4, 0.5) is 0 Å². The summed E-state index contributed by atoms with van der Waals surface area (Å²) in [4.78, 5) is 4.68. The summed E-state index contributed by atoms with van der Waals surface area (Å²) in [5, 5.41) is 4.57. The van der Waals surface area contributed by atoms with Crippen molar-refractivity contribution in [2.45, 2.75) is 45.6 Å². The Morgan fingerprint density at radius 3 is 2.50 bits per heavy atom. The molecule has 114 valence electrons. The van der Waals surface area contributed by atoms with Crippen LogP contribution in [0.2, 0.25) is 0 Å². The van der Waals surface area contributed by atoms with Crippen LogP contribution in [0.1, 0.15) is 40.0 Å². The molecule has 2 rings (SSSR count). The van der Waals surface area contributed by atoms with Gasteiger partial charge in [0.15, 0.2) is 5.11 Å². The molecule has 0 unspecified atom stereocenters. The van der Waals surface area contributed by atoms with Crippen LogP contribution in [0.25, 0.3) is 0 Å². The zero-order valence-electron chi connectivity index (χ0n) is 13.4. The van der Waals surface area contributed by atoms with E-state index in [-0.39, 0.29) is 5.54 Å². The first-order chi connectivity index (χ1) is 9.38. The minimum Gasteiger partial charge on any atom is -0.357 e. The second-order valence-electron chi connectivity index (χ2n) is 6.96. The van der Waals surface area contributed by atoms with Gasteiger partial charge in [0, 0.05) is 31.7 Å². The number of likely N-dealkylation sites (N-methyl/N-ethyl adjacent to an activating group) is 1. The minimum absolute atomic E-state index is 0.0810. The van der Waals surface area contributed by atoms with E-state index >= 15 is 0 Å². The third-order valence-corrected chi connectivity index (χ3v) is 5.24. The summed E-state index contributed by atoms with van der Waals surface area (Å²) in [6.45, 7) is 11.1. The standard InChI is InChI=1S/C16H29N3S/c1-13-5-7-14(8-6-13)16(2,3)17-15(20)19-11-9-18(4)10-12-19/h5,14H,6-12H2,1-4H3,(H,17,20)/t14-/m0/s1. The molecule has 0 aromatic rings. The van der Waals surface area contributed by atoms with Gasteiger partial charge in [-0.15, -0.1) is 0 Å². The first-order valence-corrected chi connectivity index (χ1v) is 8.20. The van der Waals surface area contributed by atoms with E-state index in [4.69, 9.17) is 12.2 Å². The highest BCUT2D eigenvalue weighted by Crippen LogP contribution is 2.31. The van der Waals surface area contributed by atoms with Crippen molar-refractivity contribution < 1.29 is 0 Å². The summed E-state index contributed by atoms with van der Waals surface area (Å²) >= 11 is 5.63.